The van der Waals surface area contributed by atoms with Crippen molar-refractivity contribution >= 4 is 5.91 Å². The van der Waals surface area contributed by atoms with E-state index in [4.69, 9.17) is 10.5 Å². The lowest BCUT2D eigenvalue weighted by Gasteiger charge is -2.25. The molecule has 0 aromatic heterocycles. The van der Waals surface area contributed by atoms with Crippen molar-refractivity contribution in [1.29, 1.82) is 0 Å². The maximum absolute atomic E-state index is 10.7. The van der Waals surface area contributed by atoms with Crippen LogP contribution in [-0.4, -0.2) is 54.9 Å². The highest BCUT2D eigenvalue weighted by Gasteiger charge is 2.14. The second-order valence-electron chi connectivity index (χ2n) is 4.44. The van der Waals surface area contributed by atoms with Crippen LogP contribution >= 0.6 is 0 Å². The number of ether oxygens (including phenoxy) is 1. The predicted molar refractivity (Wildman–Crippen MR) is 65.4 cm³/mol. The molecule has 1 amide bonds. The maximum Gasteiger partial charge on any atom is 0.220 e. The lowest BCUT2D eigenvalue weighted by molar-refractivity contribution is -0.120. The van der Waals surface area contributed by atoms with Crippen LogP contribution in [0.15, 0.2) is 12.2 Å². The Morgan fingerprint density at radius 1 is 1.53 bits per heavy atom. The lowest BCUT2D eigenvalue weighted by Crippen LogP contribution is -2.36. The highest BCUT2D eigenvalue weighted by atomic mass is 16.5. The van der Waals surface area contributed by atoms with Crippen LogP contribution in [0.4, 0.5) is 0 Å². The minimum Gasteiger partial charge on any atom is -0.392 e. The van der Waals surface area contributed by atoms with E-state index < -0.39 is 12.0 Å². The number of morpholine rings is 1. The first-order valence-corrected chi connectivity index (χ1v) is 6.02. The summed E-state index contributed by atoms with van der Waals surface area (Å²) >= 11 is 0. The van der Waals surface area contributed by atoms with Crippen LogP contribution in [0.3, 0.4) is 0 Å². The molecule has 1 aliphatic rings. The summed E-state index contributed by atoms with van der Waals surface area (Å²) < 4.78 is 5.25. The number of carbonyl (C=O) groups is 1. The van der Waals surface area contributed by atoms with Crippen LogP contribution in [0, 0.1) is 5.92 Å². The molecule has 1 aliphatic heterocycles. The standard InChI is InChI=1S/C12H22N2O3/c1-10(11(15)9-12(13)16)3-2-4-14-5-7-17-8-6-14/h2-3,10-11,15H,4-9H2,1H3,(H2,13,16)/b3-2+/t10-,11+/m1/s1. The van der Waals surface area contributed by atoms with Crippen LogP contribution in [-0.2, 0) is 9.53 Å². The molecule has 0 unspecified atom stereocenters. The first-order chi connectivity index (χ1) is 8.09. The van der Waals surface area contributed by atoms with Gasteiger partial charge in [-0.2, -0.15) is 0 Å². The highest BCUT2D eigenvalue weighted by Crippen LogP contribution is 2.08. The largest absolute Gasteiger partial charge is 0.392 e. The third kappa shape index (κ3) is 5.81. The van der Waals surface area contributed by atoms with Crippen molar-refractivity contribution in [2.75, 3.05) is 32.8 Å². The molecule has 0 bridgehead atoms. The predicted octanol–water partition coefficient (Wildman–Crippen LogP) is -0.253. The van der Waals surface area contributed by atoms with E-state index in [0.29, 0.717) is 0 Å². The first-order valence-electron chi connectivity index (χ1n) is 6.02. The Kier molecular flexibility index (Phi) is 6.18. The van der Waals surface area contributed by atoms with Crippen LogP contribution in [0.25, 0.3) is 0 Å². The number of carbonyl (C=O) groups excluding carboxylic acids is 1. The van der Waals surface area contributed by atoms with E-state index in [2.05, 4.69) is 4.90 Å². The van der Waals surface area contributed by atoms with Crippen LogP contribution < -0.4 is 5.73 Å². The lowest BCUT2D eigenvalue weighted by atomic mass is 10.0. The summed E-state index contributed by atoms with van der Waals surface area (Å²) in [6.07, 6.45) is 3.29. The number of nitrogens with two attached hydrogens (primary N) is 1. The summed E-state index contributed by atoms with van der Waals surface area (Å²) in [6.45, 7) is 6.20. The van der Waals surface area contributed by atoms with Crippen LogP contribution in [0.2, 0.25) is 0 Å². The third-order valence-corrected chi connectivity index (χ3v) is 2.92. The van der Waals surface area contributed by atoms with E-state index in [9.17, 15) is 9.90 Å². The fourth-order valence-corrected chi connectivity index (χ4v) is 1.73. The monoisotopic (exact) mass is 242 g/mol. The number of rotatable bonds is 6. The molecular formula is C12H22N2O3. The van der Waals surface area contributed by atoms with Crippen molar-refractivity contribution in [3.05, 3.63) is 12.2 Å². The van der Waals surface area contributed by atoms with E-state index in [-0.39, 0.29) is 12.3 Å². The fourth-order valence-electron chi connectivity index (χ4n) is 1.73. The zero-order valence-corrected chi connectivity index (χ0v) is 10.3. The average molecular weight is 242 g/mol. The first kappa shape index (κ1) is 14.2. The Balaban J connectivity index is 2.24. The molecule has 0 spiro atoms. The minimum absolute atomic E-state index is 0.0169. The Morgan fingerprint density at radius 3 is 2.76 bits per heavy atom. The fraction of sp³-hybridized carbons (Fsp3) is 0.750. The molecular weight excluding hydrogens is 220 g/mol. The third-order valence-electron chi connectivity index (χ3n) is 2.92. The van der Waals surface area contributed by atoms with Crippen molar-refractivity contribution in [3.8, 4) is 0 Å². The van der Waals surface area contributed by atoms with Crippen molar-refractivity contribution < 1.29 is 14.6 Å². The zero-order chi connectivity index (χ0) is 12.7. The number of primary amides is 1. The normalized spacial score (nSPS) is 21.5. The molecule has 1 saturated heterocycles. The summed E-state index contributed by atoms with van der Waals surface area (Å²) in [5.74, 6) is -0.519. The molecule has 0 aromatic carbocycles. The summed E-state index contributed by atoms with van der Waals surface area (Å²) in [5, 5.41) is 9.64. The van der Waals surface area contributed by atoms with Crippen LogP contribution in [0.1, 0.15) is 13.3 Å². The Labute approximate surface area is 102 Å². The average Bonchev–Trinajstić information content (AvgIpc) is 2.29. The summed E-state index contributed by atoms with van der Waals surface area (Å²) in [6, 6.07) is 0. The summed E-state index contributed by atoms with van der Waals surface area (Å²) in [4.78, 5) is 12.9. The molecule has 98 valence electrons. The zero-order valence-electron chi connectivity index (χ0n) is 10.3. The van der Waals surface area contributed by atoms with Gasteiger partial charge in [-0.25, -0.2) is 0 Å². The number of aliphatic hydroxyl groups excluding tert-OH is 1. The molecule has 3 N–H and O–H groups in total. The SMILES string of the molecule is C[C@H](/C=C/CN1CCOCC1)[C@@H](O)CC(N)=O. The summed E-state index contributed by atoms with van der Waals surface area (Å²) in [5.41, 5.74) is 5.03. The molecule has 0 saturated carbocycles. The van der Waals surface area contributed by atoms with Gasteiger partial charge >= 0.3 is 0 Å². The van der Waals surface area contributed by atoms with Gasteiger partial charge in [0.05, 0.1) is 25.7 Å². The summed E-state index contributed by atoms with van der Waals surface area (Å²) in [7, 11) is 0. The number of hydrogen-bond acceptors (Lipinski definition) is 4. The molecule has 2 atom stereocenters. The number of hydrogen-bond donors (Lipinski definition) is 2. The number of nitrogens with zero attached hydrogens (tertiary/aromatic N) is 1. The Hall–Kier alpha value is -0.910. The molecule has 0 aliphatic carbocycles. The van der Waals surface area contributed by atoms with E-state index in [1.165, 1.54) is 0 Å². The molecule has 17 heavy (non-hydrogen) atoms. The second-order valence-corrected chi connectivity index (χ2v) is 4.44. The molecule has 1 heterocycles. The number of amides is 1. The van der Waals surface area contributed by atoms with Gasteiger partial charge in [0.15, 0.2) is 0 Å². The molecule has 5 heteroatoms. The van der Waals surface area contributed by atoms with Crippen molar-refractivity contribution in [2.45, 2.75) is 19.4 Å². The second kappa shape index (κ2) is 7.42. The van der Waals surface area contributed by atoms with Gasteiger partial charge in [-0.1, -0.05) is 19.1 Å². The van der Waals surface area contributed by atoms with E-state index in [1.807, 2.05) is 19.1 Å². The van der Waals surface area contributed by atoms with Gasteiger partial charge in [0, 0.05) is 25.6 Å². The van der Waals surface area contributed by atoms with Crippen molar-refractivity contribution in [2.24, 2.45) is 11.7 Å². The Morgan fingerprint density at radius 2 is 2.18 bits per heavy atom. The van der Waals surface area contributed by atoms with Gasteiger partial charge in [0.25, 0.3) is 0 Å². The molecule has 0 radical (unpaired) electrons. The number of aliphatic hydroxyl groups is 1. The van der Waals surface area contributed by atoms with Gasteiger partial charge in [0.1, 0.15) is 0 Å². The van der Waals surface area contributed by atoms with E-state index >= 15 is 0 Å². The van der Waals surface area contributed by atoms with Gasteiger partial charge in [0.2, 0.25) is 5.91 Å². The molecule has 5 nitrogen and oxygen atoms in total. The molecule has 1 fully saturated rings. The van der Waals surface area contributed by atoms with Crippen molar-refractivity contribution in [3.63, 3.8) is 0 Å². The smallest absolute Gasteiger partial charge is 0.220 e. The van der Waals surface area contributed by atoms with E-state index in [0.717, 1.165) is 32.8 Å². The van der Waals surface area contributed by atoms with Gasteiger partial charge in [-0.3, -0.25) is 9.69 Å². The van der Waals surface area contributed by atoms with Gasteiger partial charge < -0.3 is 15.6 Å². The Bertz CT molecular complexity index is 262. The minimum atomic E-state index is -0.687. The topological polar surface area (TPSA) is 75.8 Å². The molecule has 0 aromatic rings. The van der Waals surface area contributed by atoms with Crippen molar-refractivity contribution in [1.82, 2.24) is 4.90 Å². The molecule has 1 rings (SSSR count). The maximum atomic E-state index is 10.7. The van der Waals surface area contributed by atoms with Crippen LogP contribution in [0.5, 0.6) is 0 Å². The quantitative estimate of drug-likeness (QED) is 0.630. The van der Waals surface area contributed by atoms with E-state index in [1.54, 1.807) is 0 Å². The van der Waals surface area contributed by atoms with Gasteiger partial charge in [-0.15, -0.1) is 0 Å². The highest BCUT2D eigenvalue weighted by molar-refractivity contribution is 5.74. The van der Waals surface area contributed by atoms with Gasteiger partial charge in [-0.05, 0) is 0 Å².